The summed E-state index contributed by atoms with van der Waals surface area (Å²) in [7, 11) is 0. The molecule has 0 radical (unpaired) electrons. The molecule has 7 nitrogen and oxygen atoms in total. The maximum atomic E-state index is 13.8. The molecular weight excluding hydrogens is 466 g/mol. The predicted molar refractivity (Wildman–Crippen MR) is 134 cm³/mol. The molecule has 2 bridgehead atoms. The molecule has 0 aromatic heterocycles. The van der Waals surface area contributed by atoms with Gasteiger partial charge in [-0.2, -0.15) is 0 Å². The van der Waals surface area contributed by atoms with Gasteiger partial charge in [-0.25, -0.2) is 0 Å². The van der Waals surface area contributed by atoms with Crippen molar-refractivity contribution in [3.63, 3.8) is 0 Å². The fraction of sp³-hybridized carbons (Fsp3) is 0.593. The van der Waals surface area contributed by atoms with Crippen molar-refractivity contribution in [2.24, 2.45) is 23.7 Å². The molecule has 3 aliphatic heterocycles. The van der Waals surface area contributed by atoms with E-state index in [4.69, 9.17) is 16.3 Å². The fourth-order valence-electron chi connectivity index (χ4n) is 6.55. The number of nitrogens with zero attached hydrogens (tertiary/aromatic N) is 1. The van der Waals surface area contributed by atoms with Gasteiger partial charge in [-0.15, -0.1) is 0 Å². The second-order valence-corrected chi connectivity index (χ2v) is 11.0. The van der Waals surface area contributed by atoms with Crippen LogP contribution in [-0.4, -0.2) is 53.0 Å². The summed E-state index contributed by atoms with van der Waals surface area (Å²) in [5.74, 6) is -1.16. The molecule has 2 saturated heterocycles. The zero-order valence-corrected chi connectivity index (χ0v) is 21.3. The predicted octanol–water partition coefficient (Wildman–Crippen LogP) is 3.78. The van der Waals surface area contributed by atoms with Crippen LogP contribution in [0.3, 0.4) is 0 Å². The third-order valence-corrected chi connectivity index (χ3v) is 8.79. The van der Waals surface area contributed by atoms with Crippen molar-refractivity contribution in [3.8, 4) is 0 Å². The summed E-state index contributed by atoms with van der Waals surface area (Å²) in [5.41, 5.74) is -0.516. The minimum atomic E-state index is -1.12. The van der Waals surface area contributed by atoms with Gasteiger partial charge in [-0.05, 0) is 48.9 Å². The minimum Gasteiger partial charge on any atom is -0.359 e. The molecule has 1 aromatic rings. The van der Waals surface area contributed by atoms with Crippen molar-refractivity contribution in [1.82, 2.24) is 10.2 Å². The Morgan fingerprint density at radius 2 is 1.91 bits per heavy atom. The quantitative estimate of drug-likeness (QED) is 0.583. The van der Waals surface area contributed by atoms with Gasteiger partial charge in [0.2, 0.25) is 17.7 Å². The summed E-state index contributed by atoms with van der Waals surface area (Å²) >= 11 is 5.97. The van der Waals surface area contributed by atoms with Crippen LogP contribution in [0.15, 0.2) is 36.4 Å². The Balaban J connectivity index is 1.41. The van der Waals surface area contributed by atoms with E-state index in [1.54, 1.807) is 29.2 Å². The highest BCUT2D eigenvalue weighted by molar-refractivity contribution is 6.30. The van der Waals surface area contributed by atoms with Crippen LogP contribution in [0.1, 0.15) is 46.5 Å². The number of fused-ring (bicyclic) bond motifs is 1. The van der Waals surface area contributed by atoms with E-state index in [-0.39, 0.29) is 23.8 Å². The number of carbonyl (C=O) groups is 3. The minimum absolute atomic E-state index is 0.0758. The number of benzene rings is 1. The van der Waals surface area contributed by atoms with E-state index in [0.29, 0.717) is 35.5 Å². The average molecular weight is 500 g/mol. The maximum Gasteiger partial charge on any atom is 0.246 e. The number of rotatable bonds is 6. The van der Waals surface area contributed by atoms with Crippen molar-refractivity contribution in [1.29, 1.82) is 0 Å². The van der Waals surface area contributed by atoms with E-state index in [2.05, 4.69) is 24.5 Å². The monoisotopic (exact) mass is 499 g/mol. The molecule has 3 amide bonds. The largest absolute Gasteiger partial charge is 0.359 e. The van der Waals surface area contributed by atoms with Crippen LogP contribution < -0.4 is 10.6 Å². The van der Waals surface area contributed by atoms with E-state index in [9.17, 15) is 14.4 Å². The van der Waals surface area contributed by atoms with Crippen LogP contribution in [0.4, 0.5) is 5.69 Å². The van der Waals surface area contributed by atoms with Gasteiger partial charge in [0.1, 0.15) is 11.6 Å². The number of likely N-dealkylation sites (tertiary alicyclic amines) is 1. The lowest BCUT2D eigenvalue weighted by atomic mass is 9.73. The van der Waals surface area contributed by atoms with Crippen molar-refractivity contribution in [2.75, 3.05) is 11.9 Å². The third kappa shape index (κ3) is 3.97. The topological polar surface area (TPSA) is 87.7 Å². The summed E-state index contributed by atoms with van der Waals surface area (Å²) in [6.07, 6.45) is 7.07. The van der Waals surface area contributed by atoms with Gasteiger partial charge in [0, 0.05) is 23.3 Å². The normalized spacial score (nSPS) is 37.4. The number of hydrogen-bond donors (Lipinski definition) is 2. The Hall–Kier alpha value is -2.38. The Kier molecular flexibility index (Phi) is 6.43. The van der Waals surface area contributed by atoms with E-state index in [1.807, 2.05) is 19.1 Å². The van der Waals surface area contributed by atoms with Crippen LogP contribution in [0.2, 0.25) is 5.02 Å². The first-order valence-electron chi connectivity index (χ1n) is 12.8. The molecule has 6 unspecified atom stereocenters. The van der Waals surface area contributed by atoms with Gasteiger partial charge >= 0.3 is 0 Å². The second kappa shape index (κ2) is 9.25. The molecular formula is C27H34ClN3O4. The Morgan fingerprint density at radius 1 is 1.17 bits per heavy atom. The van der Waals surface area contributed by atoms with Gasteiger partial charge in [-0.1, -0.05) is 57.4 Å². The number of nitrogens with one attached hydrogen (secondary N) is 2. The Labute approximate surface area is 211 Å². The van der Waals surface area contributed by atoms with E-state index < -0.39 is 29.6 Å². The van der Waals surface area contributed by atoms with Crippen LogP contribution in [-0.2, 0) is 19.1 Å². The second-order valence-electron chi connectivity index (χ2n) is 10.6. The van der Waals surface area contributed by atoms with Crippen LogP contribution >= 0.6 is 11.6 Å². The highest BCUT2D eigenvalue weighted by Gasteiger charge is 2.72. The summed E-state index contributed by atoms with van der Waals surface area (Å²) in [6.45, 7) is 6.85. The van der Waals surface area contributed by atoms with Gasteiger partial charge in [0.25, 0.3) is 0 Å². The number of carbonyl (C=O) groups excluding carboxylic acids is 3. The molecule has 8 atom stereocenters. The SMILES string of the molecule is CCCN1C(=O)[C@@H]2C(C(=O)Nc3ccc(Cl)cc3)[C@@H]3C=CC2(O3)C1C(=O)NC1CCCC(C)C1C. The van der Waals surface area contributed by atoms with Crippen molar-refractivity contribution < 1.29 is 19.1 Å². The van der Waals surface area contributed by atoms with Gasteiger partial charge in [0.15, 0.2) is 0 Å². The van der Waals surface area contributed by atoms with Crippen LogP contribution in [0.5, 0.6) is 0 Å². The molecule has 35 heavy (non-hydrogen) atoms. The van der Waals surface area contributed by atoms with E-state index in [1.165, 1.54) is 6.42 Å². The van der Waals surface area contributed by atoms with Crippen molar-refractivity contribution in [2.45, 2.75) is 70.2 Å². The maximum absolute atomic E-state index is 13.8. The summed E-state index contributed by atoms with van der Waals surface area (Å²) in [6, 6.07) is 6.15. The van der Waals surface area contributed by atoms with Crippen molar-refractivity contribution >= 4 is 35.0 Å². The third-order valence-electron chi connectivity index (χ3n) is 8.54. The Bertz CT molecular complexity index is 1040. The number of amides is 3. The standard InChI is InChI=1S/C27H34ClN3O4/c1-4-14-31-23(25(33)30-19-7-5-6-15(2)16(19)3)27-13-12-20(35-27)21(22(27)26(31)34)24(32)29-18-10-8-17(28)9-11-18/h8-13,15-16,19-23H,4-7,14H2,1-3H3,(H,29,32)(H,30,33)/t15?,16?,19?,20-,21?,22-,23?,27?/m0/s1. The Morgan fingerprint density at radius 3 is 2.63 bits per heavy atom. The van der Waals surface area contributed by atoms with Gasteiger partial charge in [-0.3, -0.25) is 14.4 Å². The van der Waals surface area contributed by atoms with Gasteiger partial charge < -0.3 is 20.3 Å². The highest BCUT2D eigenvalue weighted by Crippen LogP contribution is 2.55. The summed E-state index contributed by atoms with van der Waals surface area (Å²) < 4.78 is 6.38. The molecule has 2 N–H and O–H groups in total. The lowest BCUT2D eigenvalue weighted by molar-refractivity contribution is -0.141. The molecule has 1 aliphatic carbocycles. The average Bonchev–Trinajstić information content (AvgIpc) is 3.46. The molecule has 1 saturated carbocycles. The zero-order chi connectivity index (χ0) is 24.9. The summed E-state index contributed by atoms with van der Waals surface area (Å²) in [5, 5.41) is 6.75. The smallest absolute Gasteiger partial charge is 0.246 e. The first-order valence-corrected chi connectivity index (χ1v) is 13.2. The number of hydrogen-bond acceptors (Lipinski definition) is 4. The molecule has 1 aromatic carbocycles. The molecule has 3 heterocycles. The number of ether oxygens (including phenoxy) is 1. The molecule has 5 rings (SSSR count). The molecule has 4 aliphatic rings. The lowest BCUT2D eigenvalue weighted by Gasteiger charge is -2.38. The first-order chi connectivity index (χ1) is 16.8. The molecule has 188 valence electrons. The van der Waals surface area contributed by atoms with E-state index in [0.717, 1.165) is 12.8 Å². The number of halogens is 1. The van der Waals surface area contributed by atoms with Crippen LogP contribution in [0, 0.1) is 23.7 Å². The first kappa shape index (κ1) is 24.3. The number of anilines is 1. The molecule has 8 heteroatoms. The highest BCUT2D eigenvalue weighted by atomic mass is 35.5. The lowest BCUT2D eigenvalue weighted by Crippen LogP contribution is -2.57. The molecule has 1 spiro atoms. The van der Waals surface area contributed by atoms with E-state index >= 15 is 0 Å². The fourth-order valence-corrected chi connectivity index (χ4v) is 6.68. The molecule has 3 fully saturated rings. The van der Waals surface area contributed by atoms with Crippen molar-refractivity contribution in [3.05, 3.63) is 41.4 Å². The zero-order valence-electron chi connectivity index (χ0n) is 20.5. The van der Waals surface area contributed by atoms with Crippen LogP contribution in [0.25, 0.3) is 0 Å². The van der Waals surface area contributed by atoms with Gasteiger partial charge in [0.05, 0.1) is 17.9 Å². The summed E-state index contributed by atoms with van der Waals surface area (Å²) in [4.78, 5) is 42.5.